The van der Waals surface area contributed by atoms with Crippen LogP contribution < -0.4 is 0 Å². The van der Waals surface area contributed by atoms with Gasteiger partial charge in [0.05, 0.1) is 19.1 Å². The summed E-state index contributed by atoms with van der Waals surface area (Å²) in [4.78, 5) is 13.5. The molecule has 1 fully saturated rings. The number of aryl methyl sites for hydroxylation is 1. The van der Waals surface area contributed by atoms with E-state index in [1.807, 2.05) is 19.2 Å². The SMILES string of the molecule is CN(C1CCc2cc(Cl)ccc21)C1COCC1C(=O)O. The largest absolute Gasteiger partial charge is 0.481 e. The number of rotatable bonds is 3. The quantitative estimate of drug-likeness (QED) is 0.930. The van der Waals surface area contributed by atoms with Gasteiger partial charge in [-0.25, -0.2) is 0 Å². The van der Waals surface area contributed by atoms with E-state index in [0.717, 1.165) is 17.9 Å². The van der Waals surface area contributed by atoms with Crippen molar-refractivity contribution < 1.29 is 14.6 Å². The molecule has 108 valence electrons. The Hall–Kier alpha value is -1.10. The summed E-state index contributed by atoms with van der Waals surface area (Å²) in [5, 5.41) is 10.0. The number of carbonyl (C=O) groups is 1. The van der Waals surface area contributed by atoms with Crippen molar-refractivity contribution >= 4 is 17.6 Å². The highest BCUT2D eigenvalue weighted by atomic mass is 35.5. The number of benzene rings is 1. The van der Waals surface area contributed by atoms with Crippen molar-refractivity contribution in [3.8, 4) is 0 Å². The molecule has 1 aliphatic heterocycles. The molecule has 0 bridgehead atoms. The van der Waals surface area contributed by atoms with Gasteiger partial charge in [0, 0.05) is 17.1 Å². The molecule has 0 spiro atoms. The molecule has 3 unspecified atom stereocenters. The predicted molar refractivity (Wildman–Crippen MR) is 76.0 cm³/mol. The van der Waals surface area contributed by atoms with Gasteiger partial charge in [0.2, 0.25) is 0 Å². The molecule has 0 amide bonds. The van der Waals surface area contributed by atoms with E-state index in [9.17, 15) is 9.90 Å². The van der Waals surface area contributed by atoms with Crippen LogP contribution in [0.3, 0.4) is 0 Å². The number of likely N-dealkylation sites (N-methyl/N-ethyl adjacent to an activating group) is 1. The molecular formula is C15H18ClNO3. The van der Waals surface area contributed by atoms with Crippen molar-refractivity contribution in [2.75, 3.05) is 20.3 Å². The molecule has 0 aromatic heterocycles. The Morgan fingerprint density at radius 1 is 1.45 bits per heavy atom. The molecule has 4 nitrogen and oxygen atoms in total. The fraction of sp³-hybridized carbons (Fsp3) is 0.533. The van der Waals surface area contributed by atoms with Gasteiger partial charge >= 0.3 is 5.97 Å². The molecular weight excluding hydrogens is 278 g/mol. The topological polar surface area (TPSA) is 49.8 Å². The number of hydrogen-bond acceptors (Lipinski definition) is 3. The average Bonchev–Trinajstić information content (AvgIpc) is 3.03. The summed E-state index contributed by atoms with van der Waals surface area (Å²) >= 11 is 6.03. The molecule has 3 atom stereocenters. The fourth-order valence-corrected chi connectivity index (χ4v) is 3.59. The predicted octanol–water partition coefficient (Wildman–Crippen LogP) is 2.36. The van der Waals surface area contributed by atoms with Crippen LogP contribution in [0.2, 0.25) is 5.02 Å². The molecule has 0 radical (unpaired) electrons. The van der Waals surface area contributed by atoms with Crippen LogP contribution in [0.15, 0.2) is 18.2 Å². The fourth-order valence-electron chi connectivity index (χ4n) is 3.40. The number of aliphatic carboxylic acids is 1. The molecule has 1 heterocycles. The van der Waals surface area contributed by atoms with Crippen LogP contribution in [-0.4, -0.2) is 42.3 Å². The molecule has 1 aromatic carbocycles. The standard InChI is InChI=1S/C15H18ClNO3/c1-17(14-8-20-7-12(14)15(18)19)13-5-2-9-6-10(16)3-4-11(9)13/h3-4,6,12-14H,2,5,7-8H2,1H3,(H,18,19). The van der Waals surface area contributed by atoms with E-state index >= 15 is 0 Å². The molecule has 1 N–H and O–H groups in total. The first-order valence-corrected chi connectivity index (χ1v) is 7.26. The molecule has 0 saturated carbocycles. The van der Waals surface area contributed by atoms with Crippen molar-refractivity contribution in [1.82, 2.24) is 4.90 Å². The zero-order valence-corrected chi connectivity index (χ0v) is 12.1. The van der Waals surface area contributed by atoms with E-state index in [1.165, 1.54) is 11.1 Å². The number of ether oxygens (including phenoxy) is 1. The molecule has 1 aliphatic carbocycles. The Balaban J connectivity index is 1.83. The minimum Gasteiger partial charge on any atom is -0.481 e. The molecule has 20 heavy (non-hydrogen) atoms. The highest BCUT2D eigenvalue weighted by molar-refractivity contribution is 6.30. The van der Waals surface area contributed by atoms with E-state index in [2.05, 4.69) is 11.0 Å². The smallest absolute Gasteiger partial charge is 0.310 e. The van der Waals surface area contributed by atoms with Gasteiger partial charge in [-0.05, 0) is 43.1 Å². The van der Waals surface area contributed by atoms with E-state index in [0.29, 0.717) is 13.2 Å². The second kappa shape index (κ2) is 5.35. The third-order valence-electron chi connectivity index (χ3n) is 4.53. The Bertz CT molecular complexity index is 534. The van der Waals surface area contributed by atoms with Crippen LogP contribution in [0.5, 0.6) is 0 Å². The van der Waals surface area contributed by atoms with Crippen LogP contribution in [-0.2, 0) is 16.0 Å². The number of nitrogens with zero attached hydrogens (tertiary/aromatic N) is 1. The van der Waals surface area contributed by atoms with Crippen LogP contribution in [0.25, 0.3) is 0 Å². The highest BCUT2D eigenvalue weighted by Gasteiger charge is 2.40. The molecule has 1 saturated heterocycles. The summed E-state index contributed by atoms with van der Waals surface area (Å²) in [6.45, 7) is 0.803. The second-order valence-electron chi connectivity index (χ2n) is 5.61. The van der Waals surface area contributed by atoms with Gasteiger partial charge in [-0.15, -0.1) is 0 Å². The Morgan fingerprint density at radius 3 is 3.00 bits per heavy atom. The zero-order chi connectivity index (χ0) is 14.3. The van der Waals surface area contributed by atoms with Crippen molar-refractivity contribution in [1.29, 1.82) is 0 Å². The van der Waals surface area contributed by atoms with Crippen LogP contribution in [0, 0.1) is 5.92 Å². The summed E-state index contributed by atoms with van der Waals surface area (Å²) in [5.41, 5.74) is 2.55. The van der Waals surface area contributed by atoms with Crippen LogP contribution >= 0.6 is 11.6 Å². The zero-order valence-electron chi connectivity index (χ0n) is 11.4. The van der Waals surface area contributed by atoms with Gasteiger partial charge in [-0.1, -0.05) is 17.7 Å². The number of halogens is 1. The van der Waals surface area contributed by atoms with E-state index in [1.54, 1.807) is 0 Å². The third kappa shape index (κ3) is 2.32. The Kier molecular flexibility index (Phi) is 3.71. The van der Waals surface area contributed by atoms with Crippen molar-refractivity contribution in [3.63, 3.8) is 0 Å². The van der Waals surface area contributed by atoms with E-state index in [4.69, 9.17) is 16.3 Å². The maximum Gasteiger partial charge on any atom is 0.310 e. The van der Waals surface area contributed by atoms with E-state index in [-0.39, 0.29) is 12.1 Å². The van der Waals surface area contributed by atoms with Gasteiger partial charge in [-0.2, -0.15) is 0 Å². The summed E-state index contributed by atoms with van der Waals surface area (Å²) in [6.07, 6.45) is 2.01. The second-order valence-corrected chi connectivity index (χ2v) is 6.05. The lowest BCUT2D eigenvalue weighted by atomic mass is 9.99. The highest BCUT2D eigenvalue weighted by Crippen LogP contribution is 2.38. The van der Waals surface area contributed by atoms with E-state index < -0.39 is 11.9 Å². The third-order valence-corrected chi connectivity index (χ3v) is 4.77. The van der Waals surface area contributed by atoms with Crippen molar-refractivity contribution in [3.05, 3.63) is 34.3 Å². The van der Waals surface area contributed by atoms with Gasteiger partial charge < -0.3 is 9.84 Å². The number of hydrogen-bond donors (Lipinski definition) is 1. The summed E-state index contributed by atoms with van der Waals surface area (Å²) in [6, 6.07) is 6.20. The summed E-state index contributed by atoms with van der Waals surface area (Å²) < 4.78 is 5.38. The number of carboxylic acids is 1. The number of fused-ring (bicyclic) bond motifs is 1. The van der Waals surface area contributed by atoms with Crippen molar-refractivity contribution in [2.24, 2.45) is 5.92 Å². The first-order valence-electron chi connectivity index (χ1n) is 6.88. The first kappa shape index (κ1) is 13.9. The molecule has 5 heteroatoms. The maximum absolute atomic E-state index is 11.3. The minimum absolute atomic E-state index is 0.0564. The van der Waals surface area contributed by atoms with Crippen molar-refractivity contribution in [2.45, 2.75) is 24.9 Å². The average molecular weight is 296 g/mol. The van der Waals surface area contributed by atoms with Crippen LogP contribution in [0.1, 0.15) is 23.6 Å². The summed E-state index contributed by atoms with van der Waals surface area (Å²) in [7, 11) is 2.00. The van der Waals surface area contributed by atoms with Gasteiger partial charge in [0.15, 0.2) is 0 Å². The van der Waals surface area contributed by atoms with Gasteiger partial charge in [0.1, 0.15) is 0 Å². The molecule has 2 aliphatic rings. The molecule has 1 aromatic rings. The van der Waals surface area contributed by atoms with Gasteiger partial charge in [0.25, 0.3) is 0 Å². The number of carboxylic acid groups (broad SMARTS) is 1. The van der Waals surface area contributed by atoms with Crippen LogP contribution in [0.4, 0.5) is 0 Å². The lowest BCUT2D eigenvalue weighted by molar-refractivity contribution is -0.143. The Morgan fingerprint density at radius 2 is 2.25 bits per heavy atom. The normalized spacial score (nSPS) is 28.9. The minimum atomic E-state index is -0.770. The van der Waals surface area contributed by atoms with Gasteiger partial charge in [-0.3, -0.25) is 9.69 Å². The summed E-state index contributed by atoms with van der Waals surface area (Å²) in [5.74, 6) is -1.20. The lowest BCUT2D eigenvalue weighted by Crippen LogP contribution is -2.42. The Labute approximate surface area is 123 Å². The lowest BCUT2D eigenvalue weighted by Gasteiger charge is -2.32. The maximum atomic E-state index is 11.3. The monoisotopic (exact) mass is 295 g/mol. The first-order chi connectivity index (χ1) is 9.58. The molecule has 3 rings (SSSR count).